The highest BCUT2D eigenvalue weighted by atomic mass is 16.4. The van der Waals surface area contributed by atoms with Crippen LogP contribution in [0.1, 0.15) is 73.7 Å². The number of hydrogen-bond acceptors (Lipinski definition) is 3. The van der Waals surface area contributed by atoms with Crippen molar-refractivity contribution in [3.63, 3.8) is 0 Å². The monoisotopic (exact) mass is 428 g/mol. The molecule has 1 fully saturated rings. The SMILES string of the molecule is O=C(O)c1ccc(CCCCCCC2CCCC2)c(-c2ccccc2)c1-c1ncccn1. The highest BCUT2D eigenvalue weighted by Gasteiger charge is 2.22. The van der Waals surface area contributed by atoms with Gasteiger partial charge in [0.25, 0.3) is 0 Å². The summed E-state index contributed by atoms with van der Waals surface area (Å²) >= 11 is 0. The summed E-state index contributed by atoms with van der Waals surface area (Å²) in [6.45, 7) is 0. The number of nitrogens with zero attached hydrogens (tertiary/aromatic N) is 2. The first kappa shape index (κ1) is 22.2. The predicted molar refractivity (Wildman–Crippen MR) is 129 cm³/mol. The van der Waals surface area contributed by atoms with Crippen LogP contribution in [0.25, 0.3) is 22.5 Å². The van der Waals surface area contributed by atoms with Gasteiger partial charge in [0.05, 0.1) is 5.56 Å². The summed E-state index contributed by atoms with van der Waals surface area (Å²) in [5.41, 5.74) is 3.98. The molecule has 1 heterocycles. The molecule has 0 radical (unpaired) electrons. The Labute approximate surface area is 190 Å². The Morgan fingerprint density at radius 1 is 0.844 bits per heavy atom. The van der Waals surface area contributed by atoms with Gasteiger partial charge in [0.1, 0.15) is 0 Å². The van der Waals surface area contributed by atoms with Gasteiger partial charge in [0, 0.05) is 18.0 Å². The van der Waals surface area contributed by atoms with Gasteiger partial charge in [0.15, 0.2) is 5.82 Å². The molecular formula is C28H32N2O2. The molecule has 0 atom stereocenters. The lowest BCUT2D eigenvalue weighted by Gasteiger charge is -2.17. The first-order valence-corrected chi connectivity index (χ1v) is 12.0. The second-order valence-corrected chi connectivity index (χ2v) is 8.87. The van der Waals surface area contributed by atoms with Crippen LogP contribution in [-0.4, -0.2) is 21.0 Å². The largest absolute Gasteiger partial charge is 0.478 e. The van der Waals surface area contributed by atoms with Gasteiger partial charge < -0.3 is 5.11 Å². The number of unbranched alkanes of at least 4 members (excludes halogenated alkanes) is 3. The minimum atomic E-state index is -0.955. The summed E-state index contributed by atoms with van der Waals surface area (Å²) in [5.74, 6) is 0.474. The second kappa shape index (κ2) is 11.0. The molecule has 1 N–H and O–H groups in total. The van der Waals surface area contributed by atoms with Crippen LogP contribution in [0.3, 0.4) is 0 Å². The van der Waals surface area contributed by atoms with Crippen LogP contribution >= 0.6 is 0 Å². The molecule has 1 aromatic heterocycles. The number of benzene rings is 2. The summed E-state index contributed by atoms with van der Waals surface area (Å²) in [7, 11) is 0. The number of aromatic carboxylic acids is 1. The normalized spacial score (nSPS) is 14.0. The molecule has 4 nitrogen and oxygen atoms in total. The van der Waals surface area contributed by atoms with E-state index in [0.717, 1.165) is 29.9 Å². The molecule has 4 heteroatoms. The van der Waals surface area contributed by atoms with Crippen LogP contribution in [0.15, 0.2) is 60.9 Å². The van der Waals surface area contributed by atoms with Crippen LogP contribution in [0.4, 0.5) is 0 Å². The molecule has 166 valence electrons. The van der Waals surface area contributed by atoms with E-state index in [1.165, 1.54) is 56.9 Å². The minimum absolute atomic E-state index is 0.246. The highest BCUT2D eigenvalue weighted by Crippen LogP contribution is 2.37. The van der Waals surface area contributed by atoms with Crippen LogP contribution in [0.5, 0.6) is 0 Å². The molecule has 0 aliphatic heterocycles. The molecule has 32 heavy (non-hydrogen) atoms. The van der Waals surface area contributed by atoms with Gasteiger partial charge in [0.2, 0.25) is 0 Å². The Hall–Kier alpha value is -3.01. The fraction of sp³-hybridized carbons (Fsp3) is 0.393. The Balaban J connectivity index is 1.57. The average Bonchev–Trinajstić information content (AvgIpc) is 3.35. The first-order valence-electron chi connectivity index (χ1n) is 12.0. The van der Waals surface area contributed by atoms with Crippen molar-refractivity contribution in [2.24, 2.45) is 5.92 Å². The topological polar surface area (TPSA) is 63.1 Å². The van der Waals surface area contributed by atoms with E-state index in [1.54, 1.807) is 24.5 Å². The van der Waals surface area contributed by atoms with Crippen molar-refractivity contribution >= 4 is 5.97 Å². The van der Waals surface area contributed by atoms with Crippen molar-refractivity contribution in [2.75, 3.05) is 0 Å². The van der Waals surface area contributed by atoms with Gasteiger partial charge in [-0.1, -0.05) is 87.8 Å². The zero-order valence-corrected chi connectivity index (χ0v) is 18.7. The maximum Gasteiger partial charge on any atom is 0.336 e. The van der Waals surface area contributed by atoms with Gasteiger partial charge in [-0.15, -0.1) is 0 Å². The first-order chi connectivity index (χ1) is 15.7. The molecule has 1 aliphatic carbocycles. The van der Waals surface area contributed by atoms with Gasteiger partial charge in [-0.3, -0.25) is 0 Å². The zero-order chi connectivity index (χ0) is 22.2. The molecule has 0 unspecified atom stereocenters. The minimum Gasteiger partial charge on any atom is -0.478 e. The summed E-state index contributed by atoms with van der Waals surface area (Å²) in [6, 6.07) is 15.5. The smallest absolute Gasteiger partial charge is 0.336 e. The van der Waals surface area contributed by atoms with E-state index >= 15 is 0 Å². The maximum absolute atomic E-state index is 12.1. The van der Waals surface area contributed by atoms with Crippen LogP contribution in [0, 0.1) is 5.92 Å². The van der Waals surface area contributed by atoms with E-state index in [-0.39, 0.29) is 5.56 Å². The molecule has 4 rings (SSSR count). The van der Waals surface area contributed by atoms with Gasteiger partial charge in [-0.2, -0.15) is 0 Å². The lowest BCUT2D eigenvalue weighted by atomic mass is 9.88. The van der Waals surface area contributed by atoms with E-state index in [1.807, 2.05) is 36.4 Å². The Morgan fingerprint density at radius 2 is 1.56 bits per heavy atom. The lowest BCUT2D eigenvalue weighted by Crippen LogP contribution is -2.06. The molecule has 0 amide bonds. The van der Waals surface area contributed by atoms with E-state index in [4.69, 9.17) is 0 Å². The standard InChI is InChI=1S/C28H32N2O2/c31-28(32)24-18-17-23(16-5-2-1-4-11-21-12-8-9-13-21)25(22-14-6-3-7-15-22)26(24)27-29-19-10-20-30-27/h3,6-7,10,14-15,17-21H,1-2,4-5,8-9,11-13,16H2,(H,31,32). The van der Waals surface area contributed by atoms with Crippen molar-refractivity contribution in [3.8, 4) is 22.5 Å². The predicted octanol–water partition coefficient (Wildman–Crippen LogP) is 7.19. The molecule has 0 spiro atoms. The summed E-state index contributed by atoms with van der Waals surface area (Å²) in [4.78, 5) is 20.9. The summed E-state index contributed by atoms with van der Waals surface area (Å²) in [5, 5.41) is 9.90. The van der Waals surface area contributed by atoms with Crippen LogP contribution in [0.2, 0.25) is 0 Å². The fourth-order valence-electron chi connectivity index (χ4n) is 5.03. The summed E-state index contributed by atoms with van der Waals surface area (Å²) < 4.78 is 0. The maximum atomic E-state index is 12.1. The number of carbonyl (C=O) groups is 1. The van der Waals surface area contributed by atoms with Crippen molar-refractivity contribution in [3.05, 3.63) is 72.1 Å². The fourth-order valence-corrected chi connectivity index (χ4v) is 5.03. The van der Waals surface area contributed by atoms with Gasteiger partial charge >= 0.3 is 5.97 Å². The van der Waals surface area contributed by atoms with E-state index < -0.39 is 5.97 Å². The Kier molecular flexibility index (Phi) is 7.65. The molecule has 1 saturated carbocycles. The molecule has 2 aromatic carbocycles. The number of aryl methyl sites for hydroxylation is 1. The second-order valence-electron chi connectivity index (χ2n) is 8.87. The number of rotatable bonds is 10. The Bertz CT molecular complexity index is 1010. The molecule has 3 aromatic rings. The highest BCUT2D eigenvalue weighted by molar-refractivity contribution is 6.00. The third kappa shape index (κ3) is 5.42. The van der Waals surface area contributed by atoms with Crippen LogP contribution < -0.4 is 0 Å². The van der Waals surface area contributed by atoms with E-state index in [0.29, 0.717) is 11.4 Å². The van der Waals surface area contributed by atoms with Crippen molar-refractivity contribution < 1.29 is 9.90 Å². The number of carboxylic acid groups (broad SMARTS) is 1. The van der Waals surface area contributed by atoms with Gasteiger partial charge in [-0.05, 0) is 47.6 Å². The molecule has 1 aliphatic rings. The van der Waals surface area contributed by atoms with Crippen molar-refractivity contribution in [2.45, 2.75) is 64.2 Å². The quantitative estimate of drug-likeness (QED) is 0.347. The third-order valence-electron chi connectivity index (χ3n) is 6.66. The van der Waals surface area contributed by atoms with E-state index in [2.05, 4.69) is 9.97 Å². The third-order valence-corrected chi connectivity index (χ3v) is 6.66. The summed E-state index contributed by atoms with van der Waals surface area (Å²) in [6.07, 6.45) is 16.3. The average molecular weight is 429 g/mol. The number of hydrogen-bond donors (Lipinski definition) is 1. The Morgan fingerprint density at radius 3 is 2.28 bits per heavy atom. The molecule has 0 bridgehead atoms. The molecule has 0 saturated heterocycles. The van der Waals surface area contributed by atoms with Crippen LogP contribution in [-0.2, 0) is 6.42 Å². The number of carboxylic acids is 1. The van der Waals surface area contributed by atoms with Crippen molar-refractivity contribution in [1.29, 1.82) is 0 Å². The van der Waals surface area contributed by atoms with Crippen molar-refractivity contribution in [1.82, 2.24) is 9.97 Å². The van der Waals surface area contributed by atoms with Gasteiger partial charge in [-0.25, -0.2) is 14.8 Å². The van der Waals surface area contributed by atoms with E-state index in [9.17, 15) is 9.90 Å². The molecular weight excluding hydrogens is 396 g/mol. The zero-order valence-electron chi connectivity index (χ0n) is 18.7. The number of aromatic nitrogens is 2. The lowest BCUT2D eigenvalue weighted by molar-refractivity contribution is 0.0697.